The van der Waals surface area contributed by atoms with Gasteiger partial charge in [-0.2, -0.15) is 0 Å². The van der Waals surface area contributed by atoms with E-state index in [2.05, 4.69) is 16.7 Å². The molecule has 1 unspecified atom stereocenters. The van der Waals surface area contributed by atoms with E-state index >= 15 is 0 Å². The molecular formula is C29H25NO3S. The third-order valence-corrected chi connectivity index (χ3v) is 7.59. The van der Waals surface area contributed by atoms with Crippen molar-refractivity contribution in [3.63, 3.8) is 0 Å². The number of hydrogen-bond donors (Lipinski definition) is 1. The molecule has 0 fully saturated rings. The third-order valence-electron chi connectivity index (χ3n) is 6.20. The normalized spacial score (nSPS) is 13.8. The lowest BCUT2D eigenvalue weighted by Crippen LogP contribution is -1.98. The fourth-order valence-electron chi connectivity index (χ4n) is 4.72. The summed E-state index contributed by atoms with van der Waals surface area (Å²) in [5.41, 5.74) is 7.48. The van der Waals surface area contributed by atoms with Gasteiger partial charge in [-0.15, -0.1) is 0 Å². The Morgan fingerprint density at radius 1 is 0.882 bits per heavy atom. The first kappa shape index (κ1) is 22.1. The van der Waals surface area contributed by atoms with E-state index in [1.54, 1.807) is 6.08 Å². The maximum atomic E-state index is 12.9. The molecule has 1 atom stereocenters. The summed E-state index contributed by atoms with van der Waals surface area (Å²) in [4.78, 5) is 12.1. The first-order valence-electron chi connectivity index (χ1n) is 11.4. The minimum absolute atomic E-state index is 0.475. The van der Waals surface area contributed by atoms with E-state index < -0.39 is 16.8 Å². The van der Waals surface area contributed by atoms with Gasteiger partial charge in [-0.25, -0.2) is 4.79 Å². The molecule has 170 valence electrons. The molecule has 0 saturated carbocycles. The smallest absolute Gasteiger partial charge is 0.328 e. The highest BCUT2D eigenvalue weighted by Gasteiger charge is 2.26. The topological polar surface area (TPSA) is 59.3 Å². The van der Waals surface area contributed by atoms with Crippen LogP contribution in [0.15, 0.2) is 95.9 Å². The minimum Gasteiger partial charge on any atom is -0.478 e. The van der Waals surface area contributed by atoms with Crippen molar-refractivity contribution in [3.05, 3.63) is 108 Å². The highest BCUT2D eigenvalue weighted by atomic mass is 32.2. The molecule has 0 spiro atoms. The number of nitrogens with zero attached hydrogens (tertiary/aromatic N) is 1. The van der Waals surface area contributed by atoms with Crippen LogP contribution in [0.3, 0.4) is 0 Å². The first-order chi connectivity index (χ1) is 16.6. The fourth-order valence-corrected chi connectivity index (χ4v) is 5.82. The van der Waals surface area contributed by atoms with Crippen LogP contribution in [0.2, 0.25) is 0 Å². The van der Waals surface area contributed by atoms with Crippen LogP contribution in [0.25, 0.3) is 28.3 Å². The van der Waals surface area contributed by atoms with E-state index in [4.69, 9.17) is 0 Å². The predicted molar refractivity (Wildman–Crippen MR) is 137 cm³/mol. The summed E-state index contributed by atoms with van der Waals surface area (Å²) in [5, 5.41) is 9.30. The largest absolute Gasteiger partial charge is 0.478 e. The number of aliphatic carboxylic acids is 1. The lowest BCUT2D eigenvalue weighted by molar-refractivity contribution is -0.131. The highest BCUT2D eigenvalue weighted by Crippen LogP contribution is 2.43. The maximum absolute atomic E-state index is 12.9. The number of rotatable bonds is 7. The zero-order valence-electron chi connectivity index (χ0n) is 18.7. The number of benzene rings is 3. The maximum Gasteiger partial charge on any atom is 0.328 e. The van der Waals surface area contributed by atoms with Gasteiger partial charge in [-0.1, -0.05) is 72.8 Å². The molecule has 34 heavy (non-hydrogen) atoms. The van der Waals surface area contributed by atoms with Gasteiger partial charge in [0, 0.05) is 40.0 Å². The number of hydrogen-bond acceptors (Lipinski definition) is 2. The molecule has 1 N–H and O–H groups in total. The van der Waals surface area contributed by atoms with Crippen LogP contribution in [-0.2, 0) is 34.3 Å². The van der Waals surface area contributed by atoms with E-state index in [0.717, 1.165) is 57.8 Å². The van der Waals surface area contributed by atoms with E-state index in [1.807, 2.05) is 72.8 Å². The molecule has 0 bridgehead atoms. The Morgan fingerprint density at radius 2 is 1.53 bits per heavy atom. The van der Waals surface area contributed by atoms with Crippen LogP contribution in [0.1, 0.15) is 23.4 Å². The average Bonchev–Trinajstić information content (AvgIpc) is 3.45. The highest BCUT2D eigenvalue weighted by molar-refractivity contribution is 7.84. The van der Waals surface area contributed by atoms with Gasteiger partial charge in [0.15, 0.2) is 0 Å². The summed E-state index contributed by atoms with van der Waals surface area (Å²) in [5.74, 6) is -0.491. The van der Waals surface area contributed by atoms with Crippen molar-refractivity contribution in [1.82, 2.24) is 4.57 Å². The number of carboxylic acids is 1. The number of carboxylic acid groups (broad SMARTS) is 1. The summed E-state index contributed by atoms with van der Waals surface area (Å²) in [6.45, 7) is 0.869. The van der Waals surface area contributed by atoms with Gasteiger partial charge in [-0.05, 0) is 47.7 Å². The molecule has 1 aliphatic heterocycles. The first-order valence-corrected chi connectivity index (χ1v) is 12.7. The summed E-state index contributed by atoms with van der Waals surface area (Å²) >= 11 is 0. The van der Waals surface area contributed by atoms with E-state index in [9.17, 15) is 14.1 Å². The molecule has 0 amide bonds. The molecule has 5 rings (SSSR count). The van der Waals surface area contributed by atoms with Gasteiger partial charge in [-0.3, -0.25) is 4.21 Å². The minimum atomic E-state index is -1.14. The fraction of sp³-hybridized carbons (Fsp3) is 0.138. The molecule has 1 aromatic heterocycles. The second kappa shape index (κ2) is 9.65. The van der Waals surface area contributed by atoms with Crippen molar-refractivity contribution < 1.29 is 14.1 Å². The molecular weight excluding hydrogens is 442 g/mol. The molecule has 4 nitrogen and oxygen atoms in total. The molecule has 2 heterocycles. The standard InChI is InChI=1S/C29H25NO3S/c31-27(32)18-17-26-29(28(22-10-5-2-6-11-22)25-12-7-19-30(25)26)23-13-15-24(16-14-23)34(33)20-21-8-3-1-4-9-21/h1-6,8-11,13-18H,7,12,19-20H2,(H,31,32)/b18-17+. The Balaban J connectivity index is 1.59. The lowest BCUT2D eigenvalue weighted by Gasteiger charge is -2.10. The third kappa shape index (κ3) is 4.39. The Bertz CT molecular complexity index is 1370. The summed E-state index contributed by atoms with van der Waals surface area (Å²) in [7, 11) is -1.14. The molecule has 5 heteroatoms. The quantitative estimate of drug-likeness (QED) is 0.331. The Labute approximate surface area is 201 Å². The summed E-state index contributed by atoms with van der Waals surface area (Å²) < 4.78 is 15.2. The van der Waals surface area contributed by atoms with E-state index in [1.165, 1.54) is 11.8 Å². The van der Waals surface area contributed by atoms with Crippen LogP contribution in [0.4, 0.5) is 0 Å². The van der Waals surface area contributed by atoms with Crippen molar-refractivity contribution in [1.29, 1.82) is 0 Å². The van der Waals surface area contributed by atoms with Crippen LogP contribution in [-0.4, -0.2) is 19.9 Å². The van der Waals surface area contributed by atoms with Crippen molar-refractivity contribution in [3.8, 4) is 22.3 Å². The summed E-state index contributed by atoms with van der Waals surface area (Å²) in [6.07, 6.45) is 4.92. The molecule has 1 aliphatic rings. The Kier molecular flexibility index (Phi) is 6.28. The molecule has 3 aromatic carbocycles. The zero-order valence-corrected chi connectivity index (χ0v) is 19.5. The van der Waals surface area contributed by atoms with Crippen molar-refractivity contribution in [2.75, 3.05) is 0 Å². The predicted octanol–water partition coefficient (Wildman–Crippen LogP) is 6.17. The molecule has 0 radical (unpaired) electrons. The van der Waals surface area contributed by atoms with Crippen molar-refractivity contribution in [2.24, 2.45) is 0 Å². The monoisotopic (exact) mass is 467 g/mol. The second-order valence-corrected chi connectivity index (χ2v) is 9.83. The van der Waals surface area contributed by atoms with Crippen LogP contribution in [0.5, 0.6) is 0 Å². The van der Waals surface area contributed by atoms with Crippen molar-refractivity contribution >= 4 is 22.8 Å². The molecule has 0 aliphatic carbocycles. The van der Waals surface area contributed by atoms with Crippen molar-refractivity contribution in [2.45, 2.75) is 30.0 Å². The molecule has 0 saturated heterocycles. The van der Waals surface area contributed by atoms with Gasteiger partial charge in [0.25, 0.3) is 0 Å². The van der Waals surface area contributed by atoms with Gasteiger partial charge in [0.05, 0.1) is 16.6 Å². The average molecular weight is 468 g/mol. The number of aromatic nitrogens is 1. The Morgan fingerprint density at radius 3 is 2.21 bits per heavy atom. The SMILES string of the molecule is O=C(O)/C=C/c1c(-c2ccc(S(=O)Cc3ccccc3)cc2)c(-c2ccccc2)c2n1CCC2. The number of carbonyl (C=O) groups is 1. The summed E-state index contributed by atoms with van der Waals surface area (Å²) in [6, 6.07) is 28.0. The van der Waals surface area contributed by atoms with Crippen LogP contribution in [0, 0.1) is 0 Å². The lowest BCUT2D eigenvalue weighted by atomic mass is 9.93. The Hall–Kier alpha value is -3.70. The van der Waals surface area contributed by atoms with E-state index in [0.29, 0.717) is 5.75 Å². The van der Waals surface area contributed by atoms with Crippen LogP contribution >= 0.6 is 0 Å². The van der Waals surface area contributed by atoms with E-state index in [-0.39, 0.29) is 0 Å². The van der Waals surface area contributed by atoms with Gasteiger partial charge in [0.2, 0.25) is 0 Å². The zero-order chi connectivity index (χ0) is 23.5. The van der Waals surface area contributed by atoms with Gasteiger partial charge < -0.3 is 9.67 Å². The van der Waals surface area contributed by atoms with Gasteiger partial charge in [0.1, 0.15) is 0 Å². The number of fused-ring (bicyclic) bond motifs is 1. The molecule has 4 aromatic rings. The second-order valence-electron chi connectivity index (χ2n) is 8.37. The van der Waals surface area contributed by atoms with Gasteiger partial charge >= 0.3 is 5.97 Å². The van der Waals surface area contributed by atoms with Crippen LogP contribution < -0.4 is 0 Å².